The van der Waals surface area contributed by atoms with Crippen LogP contribution < -0.4 is 0 Å². The molecule has 1 saturated heterocycles. The summed E-state index contributed by atoms with van der Waals surface area (Å²) in [5.74, 6) is 0.642. The summed E-state index contributed by atoms with van der Waals surface area (Å²) in [5, 5.41) is 0. The molecule has 2 nitrogen and oxygen atoms in total. The summed E-state index contributed by atoms with van der Waals surface area (Å²) in [6.07, 6.45) is 0.237. The van der Waals surface area contributed by atoms with E-state index in [9.17, 15) is 4.21 Å². The topological polar surface area (TPSA) is 29.6 Å². The molecule has 1 unspecified atom stereocenters. The molecule has 0 bridgehead atoms. The molecule has 0 spiro atoms. The van der Waals surface area contributed by atoms with Crippen LogP contribution in [-0.4, -0.2) is 22.7 Å². The van der Waals surface area contributed by atoms with Gasteiger partial charge in [0.05, 0.1) is 29.3 Å². The van der Waals surface area contributed by atoms with E-state index in [-0.39, 0.29) is 6.10 Å². The van der Waals surface area contributed by atoms with Crippen molar-refractivity contribution in [1.82, 2.24) is 0 Å². The van der Waals surface area contributed by atoms with E-state index >= 15 is 0 Å². The Morgan fingerprint density at radius 2 is 2.38 bits per heavy atom. The summed E-state index contributed by atoms with van der Waals surface area (Å²) < 4.78 is 16.7. The second kappa shape index (κ2) is 3.60. The van der Waals surface area contributed by atoms with Crippen LogP contribution in [0.2, 0.25) is 0 Å². The minimum absolute atomic E-state index is 0.237. The number of aryl methyl sites for hydroxylation is 1. The van der Waals surface area contributed by atoms with Crippen molar-refractivity contribution in [3.05, 3.63) is 29.8 Å². The quantitative estimate of drug-likeness (QED) is 0.686. The molecule has 2 atom stereocenters. The van der Waals surface area contributed by atoms with E-state index in [0.29, 0.717) is 5.75 Å². The van der Waals surface area contributed by atoms with E-state index in [2.05, 4.69) is 0 Å². The Hall–Kier alpha value is -0.670. The van der Waals surface area contributed by atoms with Gasteiger partial charge in [0.2, 0.25) is 0 Å². The summed E-state index contributed by atoms with van der Waals surface area (Å²) in [6.45, 7) is 2.78. The summed E-state index contributed by atoms with van der Waals surface area (Å²) in [4.78, 5) is 0.913. The summed E-state index contributed by atoms with van der Waals surface area (Å²) in [5.41, 5.74) is 1.16. The monoisotopic (exact) mass is 196 g/mol. The van der Waals surface area contributed by atoms with Gasteiger partial charge in [0, 0.05) is 4.90 Å². The van der Waals surface area contributed by atoms with Gasteiger partial charge >= 0.3 is 0 Å². The predicted molar refractivity (Wildman–Crippen MR) is 52.2 cm³/mol. The second-order valence-corrected chi connectivity index (χ2v) is 4.78. The third-order valence-electron chi connectivity index (χ3n) is 1.99. The third kappa shape index (κ3) is 2.39. The number of epoxide rings is 1. The van der Waals surface area contributed by atoms with Crippen LogP contribution in [-0.2, 0) is 15.5 Å². The van der Waals surface area contributed by atoms with E-state index in [4.69, 9.17) is 4.74 Å². The van der Waals surface area contributed by atoms with Gasteiger partial charge in [-0.25, -0.2) is 0 Å². The first-order valence-electron chi connectivity index (χ1n) is 4.32. The van der Waals surface area contributed by atoms with Crippen LogP contribution in [0.25, 0.3) is 0 Å². The Balaban J connectivity index is 2.09. The van der Waals surface area contributed by atoms with Gasteiger partial charge in [-0.1, -0.05) is 12.1 Å². The molecule has 0 aromatic heterocycles. The molecule has 70 valence electrons. The van der Waals surface area contributed by atoms with Gasteiger partial charge in [0.25, 0.3) is 0 Å². The van der Waals surface area contributed by atoms with E-state index in [1.54, 1.807) is 0 Å². The van der Waals surface area contributed by atoms with Crippen LogP contribution in [0.4, 0.5) is 0 Å². The molecular formula is C10H12O2S. The molecule has 1 fully saturated rings. The van der Waals surface area contributed by atoms with Crippen LogP contribution in [0.1, 0.15) is 5.56 Å². The van der Waals surface area contributed by atoms with Gasteiger partial charge < -0.3 is 4.74 Å². The summed E-state index contributed by atoms with van der Waals surface area (Å²) >= 11 is 0. The molecule has 0 aliphatic carbocycles. The SMILES string of the molecule is Cc1cccc(S(=O)C[C@@H]2CO2)c1. The Bertz CT molecular complexity index is 331. The molecule has 0 saturated carbocycles. The number of benzene rings is 1. The van der Waals surface area contributed by atoms with E-state index in [0.717, 1.165) is 17.1 Å². The highest BCUT2D eigenvalue weighted by Crippen LogP contribution is 2.15. The average molecular weight is 196 g/mol. The lowest BCUT2D eigenvalue weighted by molar-refractivity contribution is 0.424. The lowest BCUT2D eigenvalue weighted by atomic mass is 10.2. The van der Waals surface area contributed by atoms with Crippen LogP contribution in [0.15, 0.2) is 29.2 Å². The van der Waals surface area contributed by atoms with E-state index < -0.39 is 10.8 Å². The van der Waals surface area contributed by atoms with Crippen LogP contribution in [0.5, 0.6) is 0 Å². The number of hydrogen-bond acceptors (Lipinski definition) is 2. The first kappa shape index (κ1) is 8.91. The molecule has 13 heavy (non-hydrogen) atoms. The van der Waals surface area contributed by atoms with Gasteiger partial charge in [-0.15, -0.1) is 0 Å². The zero-order valence-corrected chi connectivity index (χ0v) is 8.34. The maximum atomic E-state index is 11.7. The fraction of sp³-hybridized carbons (Fsp3) is 0.400. The van der Waals surface area contributed by atoms with Crippen molar-refractivity contribution in [3.8, 4) is 0 Å². The van der Waals surface area contributed by atoms with Crippen LogP contribution in [0, 0.1) is 6.92 Å². The molecule has 0 N–H and O–H groups in total. The molecule has 0 radical (unpaired) electrons. The van der Waals surface area contributed by atoms with E-state index in [1.807, 2.05) is 31.2 Å². The number of hydrogen-bond donors (Lipinski definition) is 0. The molecule has 2 rings (SSSR count). The Morgan fingerprint density at radius 3 is 3.00 bits per heavy atom. The maximum absolute atomic E-state index is 11.7. The van der Waals surface area contributed by atoms with Crippen molar-refractivity contribution in [2.45, 2.75) is 17.9 Å². The first-order chi connectivity index (χ1) is 6.25. The largest absolute Gasteiger partial charge is 0.372 e. The summed E-state index contributed by atoms with van der Waals surface area (Å²) in [7, 11) is -0.886. The molecule has 0 amide bonds. The predicted octanol–water partition coefficient (Wildman–Crippen LogP) is 1.50. The number of ether oxygens (including phenoxy) is 1. The Labute approximate surface area is 80.4 Å². The van der Waals surface area contributed by atoms with Gasteiger partial charge in [-0.3, -0.25) is 4.21 Å². The fourth-order valence-corrected chi connectivity index (χ4v) is 2.46. The van der Waals surface area contributed by atoms with E-state index in [1.165, 1.54) is 0 Å². The average Bonchev–Trinajstić information content (AvgIpc) is 2.88. The molecule has 1 aromatic rings. The molecule has 3 heteroatoms. The highest BCUT2D eigenvalue weighted by atomic mass is 32.2. The van der Waals surface area contributed by atoms with Crippen molar-refractivity contribution >= 4 is 10.8 Å². The smallest absolute Gasteiger partial charge is 0.0928 e. The highest BCUT2D eigenvalue weighted by molar-refractivity contribution is 7.85. The van der Waals surface area contributed by atoms with Crippen molar-refractivity contribution in [3.63, 3.8) is 0 Å². The Kier molecular flexibility index (Phi) is 2.47. The fourth-order valence-electron chi connectivity index (χ4n) is 1.19. The van der Waals surface area contributed by atoms with Crippen LogP contribution in [0.3, 0.4) is 0 Å². The molecule has 1 aliphatic heterocycles. The van der Waals surface area contributed by atoms with Gasteiger partial charge in [0.1, 0.15) is 0 Å². The van der Waals surface area contributed by atoms with Crippen LogP contribution >= 0.6 is 0 Å². The minimum atomic E-state index is -0.886. The zero-order valence-electron chi connectivity index (χ0n) is 7.53. The second-order valence-electron chi connectivity index (χ2n) is 3.28. The van der Waals surface area contributed by atoms with Gasteiger partial charge in [-0.2, -0.15) is 0 Å². The Morgan fingerprint density at radius 1 is 1.62 bits per heavy atom. The molecule has 1 aromatic carbocycles. The third-order valence-corrected chi connectivity index (χ3v) is 3.45. The summed E-state index contributed by atoms with van der Waals surface area (Å²) in [6, 6.07) is 7.83. The zero-order chi connectivity index (χ0) is 9.26. The molecular weight excluding hydrogens is 184 g/mol. The van der Waals surface area contributed by atoms with Gasteiger partial charge in [-0.05, 0) is 24.6 Å². The standard InChI is InChI=1S/C10H12O2S/c1-8-3-2-4-10(5-8)13(11)7-9-6-12-9/h2-5,9H,6-7H2,1H3/t9-,13?/m0/s1. The highest BCUT2D eigenvalue weighted by Gasteiger charge is 2.25. The van der Waals surface area contributed by atoms with Crippen molar-refractivity contribution in [2.75, 3.05) is 12.4 Å². The molecule has 1 aliphatic rings. The minimum Gasteiger partial charge on any atom is -0.372 e. The lowest BCUT2D eigenvalue weighted by Gasteiger charge is -2.00. The first-order valence-corrected chi connectivity index (χ1v) is 5.64. The van der Waals surface area contributed by atoms with Crippen molar-refractivity contribution in [1.29, 1.82) is 0 Å². The maximum Gasteiger partial charge on any atom is 0.0928 e. The normalized spacial score (nSPS) is 22.7. The van der Waals surface area contributed by atoms with Crippen molar-refractivity contribution in [2.24, 2.45) is 0 Å². The van der Waals surface area contributed by atoms with Gasteiger partial charge in [0.15, 0.2) is 0 Å². The lowest BCUT2D eigenvalue weighted by Crippen LogP contribution is -2.04. The van der Waals surface area contributed by atoms with Crippen molar-refractivity contribution < 1.29 is 8.95 Å². The number of rotatable bonds is 3. The molecule has 1 heterocycles.